The van der Waals surface area contributed by atoms with E-state index < -0.39 is 0 Å². The summed E-state index contributed by atoms with van der Waals surface area (Å²) in [5.74, 6) is 0.979. The van der Waals surface area contributed by atoms with E-state index in [0.717, 1.165) is 36.0 Å². The van der Waals surface area contributed by atoms with Crippen molar-refractivity contribution < 1.29 is 4.79 Å². The Morgan fingerprint density at radius 1 is 1.35 bits per heavy atom. The van der Waals surface area contributed by atoms with Crippen LogP contribution >= 0.6 is 11.3 Å². The zero-order chi connectivity index (χ0) is 16.1. The normalized spacial score (nSPS) is 14.0. The van der Waals surface area contributed by atoms with Gasteiger partial charge >= 0.3 is 6.03 Å². The standard InChI is InChI=1S/C16H21N5OS/c1-12-19-14(11-23-12)6-7-17-16(22)20-13-4-5-15(18-10-13)21-8-2-3-9-21/h4-5,10-11H,2-3,6-9H2,1H3,(H2,17,20,22). The van der Waals surface area contributed by atoms with Gasteiger partial charge in [-0.2, -0.15) is 0 Å². The van der Waals surface area contributed by atoms with Crippen LogP contribution in [0.3, 0.4) is 0 Å². The predicted octanol–water partition coefficient (Wildman–Crippen LogP) is 2.81. The first-order valence-corrected chi connectivity index (χ1v) is 8.75. The molecule has 1 saturated heterocycles. The molecule has 0 saturated carbocycles. The van der Waals surface area contributed by atoms with Gasteiger partial charge in [0.1, 0.15) is 5.82 Å². The zero-order valence-electron chi connectivity index (χ0n) is 13.2. The molecule has 0 bridgehead atoms. The van der Waals surface area contributed by atoms with Gasteiger partial charge in [0.15, 0.2) is 0 Å². The number of aryl methyl sites for hydroxylation is 1. The number of hydrogen-bond donors (Lipinski definition) is 2. The van der Waals surface area contributed by atoms with Crippen molar-refractivity contribution in [1.82, 2.24) is 15.3 Å². The summed E-state index contributed by atoms with van der Waals surface area (Å²) in [6.45, 7) is 4.67. The molecule has 0 spiro atoms. The summed E-state index contributed by atoms with van der Waals surface area (Å²) >= 11 is 1.63. The number of carbonyl (C=O) groups is 1. The fraction of sp³-hybridized carbons (Fsp3) is 0.438. The van der Waals surface area contributed by atoms with Crippen LogP contribution < -0.4 is 15.5 Å². The van der Waals surface area contributed by atoms with E-state index in [9.17, 15) is 4.79 Å². The van der Waals surface area contributed by atoms with Crippen molar-refractivity contribution in [2.75, 3.05) is 29.9 Å². The molecular formula is C16H21N5OS. The Kier molecular flexibility index (Phi) is 5.07. The fourth-order valence-electron chi connectivity index (χ4n) is 2.60. The predicted molar refractivity (Wildman–Crippen MR) is 93.3 cm³/mol. The van der Waals surface area contributed by atoms with Crippen molar-refractivity contribution >= 4 is 28.9 Å². The van der Waals surface area contributed by atoms with E-state index in [1.807, 2.05) is 24.4 Å². The average Bonchev–Trinajstić information content (AvgIpc) is 3.20. The highest BCUT2D eigenvalue weighted by molar-refractivity contribution is 7.09. The van der Waals surface area contributed by atoms with Gasteiger partial charge in [0.2, 0.25) is 0 Å². The largest absolute Gasteiger partial charge is 0.357 e. The molecule has 2 N–H and O–H groups in total. The summed E-state index contributed by atoms with van der Waals surface area (Å²) in [7, 11) is 0. The summed E-state index contributed by atoms with van der Waals surface area (Å²) in [6, 6.07) is 3.64. The van der Waals surface area contributed by atoms with Gasteiger partial charge in [-0.25, -0.2) is 14.8 Å². The van der Waals surface area contributed by atoms with E-state index in [1.165, 1.54) is 12.8 Å². The molecule has 23 heavy (non-hydrogen) atoms. The molecule has 0 radical (unpaired) electrons. The Bertz CT molecular complexity index is 649. The van der Waals surface area contributed by atoms with Gasteiger partial charge in [0.05, 0.1) is 22.6 Å². The molecule has 3 rings (SSSR count). The molecule has 3 heterocycles. The number of rotatable bonds is 5. The van der Waals surface area contributed by atoms with Crippen LogP contribution in [0.5, 0.6) is 0 Å². The minimum absolute atomic E-state index is 0.215. The lowest BCUT2D eigenvalue weighted by Gasteiger charge is -2.16. The van der Waals surface area contributed by atoms with E-state index in [2.05, 4.69) is 25.5 Å². The van der Waals surface area contributed by atoms with Gasteiger partial charge in [0.25, 0.3) is 0 Å². The van der Waals surface area contributed by atoms with E-state index >= 15 is 0 Å². The summed E-state index contributed by atoms with van der Waals surface area (Å²) in [4.78, 5) is 22.9. The monoisotopic (exact) mass is 331 g/mol. The second kappa shape index (κ2) is 7.41. The third kappa shape index (κ3) is 4.41. The number of pyridine rings is 1. The average molecular weight is 331 g/mol. The van der Waals surface area contributed by atoms with Gasteiger partial charge < -0.3 is 15.5 Å². The maximum absolute atomic E-state index is 11.9. The third-order valence-electron chi connectivity index (χ3n) is 3.77. The molecular weight excluding hydrogens is 310 g/mol. The number of nitrogens with one attached hydrogen (secondary N) is 2. The first-order chi connectivity index (χ1) is 11.2. The molecule has 0 aliphatic carbocycles. The third-order valence-corrected chi connectivity index (χ3v) is 4.59. The van der Waals surface area contributed by atoms with Crippen LogP contribution in [-0.4, -0.2) is 35.6 Å². The van der Waals surface area contributed by atoms with Crippen LogP contribution in [0.4, 0.5) is 16.3 Å². The Labute approximate surface area is 140 Å². The Morgan fingerprint density at radius 2 is 2.17 bits per heavy atom. The molecule has 122 valence electrons. The highest BCUT2D eigenvalue weighted by Crippen LogP contribution is 2.18. The summed E-state index contributed by atoms with van der Waals surface area (Å²) < 4.78 is 0. The van der Waals surface area contributed by atoms with Crippen LogP contribution in [0, 0.1) is 6.92 Å². The lowest BCUT2D eigenvalue weighted by Crippen LogP contribution is -2.30. The summed E-state index contributed by atoms with van der Waals surface area (Å²) in [5.41, 5.74) is 1.72. The minimum atomic E-state index is -0.215. The highest BCUT2D eigenvalue weighted by Gasteiger charge is 2.13. The van der Waals surface area contributed by atoms with Crippen molar-refractivity contribution in [3.05, 3.63) is 34.4 Å². The lowest BCUT2D eigenvalue weighted by atomic mass is 10.3. The van der Waals surface area contributed by atoms with Crippen molar-refractivity contribution in [3.8, 4) is 0 Å². The smallest absolute Gasteiger partial charge is 0.319 e. The van der Waals surface area contributed by atoms with Crippen molar-refractivity contribution in [1.29, 1.82) is 0 Å². The minimum Gasteiger partial charge on any atom is -0.357 e. The number of thiazole rings is 1. The van der Waals surface area contributed by atoms with E-state index in [4.69, 9.17) is 0 Å². The number of anilines is 2. The van der Waals surface area contributed by atoms with Gasteiger partial charge in [-0.15, -0.1) is 11.3 Å². The van der Waals surface area contributed by atoms with Gasteiger partial charge in [-0.3, -0.25) is 0 Å². The number of nitrogens with zero attached hydrogens (tertiary/aromatic N) is 3. The second-order valence-electron chi connectivity index (χ2n) is 5.59. The van der Waals surface area contributed by atoms with Gasteiger partial charge in [-0.05, 0) is 31.9 Å². The summed E-state index contributed by atoms with van der Waals surface area (Å²) in [5, 5.41) is 8.71. The van der Waals surface area contributed by atoms with Crippen molar-refractivity contribution in [2.24, 2.45) is 0 Å². The lowest BCUT2D eigenvalue weighted by molar-refractivity contribution is 0.252. The first kappa shape index (κ1) is 15.7. The molecule has 0 atom stereocenters. The maximum atomic E-state index is 11.9. The molecule has 0 unspecified atom stereocenters. The second-order valence-corrected chi connectivity index (χ2v) is 6.65. The molecule has 2 aromatic rings. The Hall–Kier alpha value is -2.15. The highest BCUT2D eigenvalue weighted by atomic mass is 32.1. The molecule has 1 aliphatic heterocycles. The SMILES string of the molecule is Cc1nc(CCNC(=O)Nc2ccc(N3CCCC3)nc2)cs1. The molecule has 1 fully saturated rings. The molecule has 7 heteroatoms. The molecule has 2 aromatic heterocycles. The maximum Gasteiger partial charge on any atom is 0.319 e. The molecule has 1 aliphatic rings. The van der Waals surface area contributed by atoms with Crippen LogP contribution in [-0.2, 0) is 6.42 Å². The van der Waals surface area contributed by atoms with Crippen molar-refractivity contribution in [2.45, 2.75) is 26.2 Å². The van der Waals surface area contributed by atoms with Gasteiger partial charge in [-0.1, -0.05) is 0 Å². The van der Waals surface area contributed by atoms with Crippen LogP contribution in [0.1, 0.15) is 23.5 Å². The van der Waals surface area contributed by atoms with Crippen molar-refractivity contribution in [3.63, 3.8) is 0 Å². The van der Waals surface area contributed by atoms with E-state index in [-0.39, 0.29) is 6.03 Å². The fourth-order valence-corrected chi connectivity index (χ4v) is 3.24. The first-order valence-electron chi connectivity index (χ1n) is 7.87. The topological polar surface area (TPSA) is 70.2 Å². The zero-order valence-corrected chi connectivity index (χ0v) is 14.0. The summed E-state index contributed by atoms with van der Waals surface area (Å²) in [6.07, 6.45) is 4.89. The molecule has 0 aromatic carbocycles. The Balaban J connectivity index is 1.43. The van der Waals surface area contributed by atoms with Crippen LogP contribution in [0.25, 0.3) is 0 Å². The number of hydrogen-bond acceptors (Lipinski definition) is 5. The van der Waals surface area contributed by atoms with E-state index in [1.54, 1.807) is 17.5 Å². The van der Waals surface area contributed by atoms with Crippen LogP contribution in [0.2, 0.25) is 0 Å². The molecule has 2 amide bonds. The Morgan fingerprint density at radius 3 is 2.83 bits per heavy atom. The molecule has 6 nitrogen and oxygen atoms in total. The van der Waals surface area contributed by atoms with Crippen LogP contribution in [0.15, 0.2) is 23.7 Å². The van der Waals surface area contributed by atoms with E-state index in [0.29, 0.717) is 12.2 Å². The number of aromatic nitrogens is 2. The van der Waals surface area contributed by atoms with Gasteiger partial charge in [0, 0.05) is 31.4 Å². The quantitative estimate of drug-likeness (QED) is 0.884. The number of urea groups is 1. The number of carbonyl (C=O) groups excluding carboxylic acids is 1. The number of amides is 2.